The van der Waals surface area contributed by atoms with E-state index in [0.717, 1.165) is 0 Å². The molecule has 0 saturated carbocycles. The summed E-state index contributed by atoms with van der Waals surface area (Å²) in [4.78, 5) is 0. The first-order valence-electron chi connectivity index (χ1n) is 7.67. The molecule has 5 heteroatoms. The molecular weight excluding hydrogens is 339 g/mol. The van der Waals surface area contributed by atoms with E-state index in [9.17, 15) is 0 Å². The SMILES string of the molecule is CC(C)C[NH-].CC(C)C[NH-].CC(C)C[NH-].CC(C)C[NH-].[Zr+4]. The van der Waals surface area contributed by atoms with Gasteiger partial charge in [0, 0.05) is 0 Å². The second-order valence-electron chi connectivity index (χ2n) is 6.39. The number of nitrogens with one attached hydrogen (secondary N) is 4. The Morgan fingerprint density at radius 2 is 0.476 bits per heavy atom. The fraction of sp³-hybridized carbons (Fsp3) is 1.00. The molecule has 4 N–H and O–H groups in total. The fourth-order valence-corrected chi connectivity index (χ4v) is 0. The van der Waals surface area contributed by atoms with Gasteiger partial charge in [-0.2, -0.15) is 0 Å². The van der Waals surface area contributed by atoms with E-state index in [0.29, 0.717) is 49.9 Å². The summed E-state index contributed by atoms with van der Waals surface area (Å²) in [6, 6.07) is 0. The Morgan fingerprint density at radius 3 is 0.476 bits per heavy atom. The van der Waals surface area contributed by atoms with Gasteiger partial charge in [-0.15, -0.1) is 26.2 Å². The third-order valence-corrected chi connectivity index (χ3v) is 1.63. The normalized spacial score (nSPS) is 9.14. The van der Waals surface area contributed by atoms with Gasteiger partial charge in [0.2, 0.25) is 0 Å². The van der Waals surface area contributed by atoms with E-state index in [2.05, 4.69) is 0 Å². The van der Waals surface area contributed by atoms with Crippen molar-refractivity contribution in [3.8, 4) is 0 Å². The molecule has 0 bridgehead atoms. The first-order chi connectivity index (χ1) is 9.08. The zero-order chi connectivity index (χ0) is 17.1. The van der Waals surface area contributed by atoms with Crippen molar-refractivity contribution in [1.82, 2.24) is 0 Å². The molecule has 0 spiro atoms. The molecule has 4 nitrogen and oxygen atoms in total. The maximum absolute atomic E-state index is 6.66. The molecule has 0 aliphatic rings. The molecule has 0 rings (SSSR count). The minimum absolute atomic E-state index is 0. The molecule has 0 aliphatic carbocycles. The molecule has 0 fully saturated rings. The average Bonchev–Trinajstić information content (AvgIpc) is 2.40. The predicted octanol–water partition coefficient (Wildman–Crippen LogP) is 6.78. The van der Waals surface area contributed by atoms with Crippen LogP contribution in [0.1, 0.15) is 55.4 Å². The Morgan fingerprint density at radius 1 is 0.429 bits per heavy atom. The van der Waals surface area contributed by atoms with E-state index in [4.69, 9.17) is 22.9 Å². The Balaban J connectivity index is -0.0000000533. The van der Waals surface area contributed by atoms with Gasteiger partial charge in [0.25, 0.3) is 0 Å². The van der Waals surface area contributed by atoms with Crippen LogP contribution in [0.2, 0.25) is 0 Å². The summed E-state index contributed by atoms with van der Waals surface area (Å²) < 4.78 is 0. The van der Waals surface area contributed by atoms with Gasteiger partial charge in [0.15, 0.2) is 0 Å². The molecule has 0 amide bonds. The van der Waals surface area contributed by atoms with E-state index < -0.39 is 0 Å². The van der Waals surface area contributed by atoms with Crippen LogP contribution in [0.4, 0.5) is 0 Å². The molecule has 0 heterocycles. The molecule has 0 atom stereocenters. The van der Waals surface area contributed by atoms with Crippen molar-refractivity contribution in [2.24, 2.45) is 23.7 Å². The zero-order valence-corrected chi connectivity index (χ0v) is 18.1. The van der Waals surface area contributed by atoms with Gasteiger partial charge >= 0.3 is 26.2 Å². The molecular formula is C16H40N4Zr. The van der Waals surface area contributed by atoms with E-state index in [1.807, 2.05) is 55.4 Å². The second kappa shape index (κ2) is 28.8. The third-order valence-electron chi connectivity index (χ3n) is 1.63. The summed E-state index contributed by atoms with van der Waals surface area (Å²) in [5.41, 5.74) is 26.6. The molecule has 0 saturated heterocycles. The minimum atomic E-state index is 0. The molecule has 0 radical (unpaired) electrons. The van der Waals surface area contributed by atoms with Crippen molar-refractivity contribution in [2.45, 2.75) is 55.4 Å². The summed E-state index contributed by atoms with van der Waals surface area (Å²) in [7, 11) is 0. The van der Waals surface area contributed by atoms with E-state index in [1.54, 1.807) is 0 Å². The van der Waals surface area contributed by atoms with Crippen molar-refractivity contribution >= 4 is 0 Å². The monoisotopic (exact) mass is 378 g/mol. The molecule has 128 valence electrons. The smallest absolute Gasteiger partial charge is 0.677 e. The summed E-state index contributed by atoms with van der Waals surface area (Å²) >= 11 is 0. The number of rotatable bonds is 4. The van der Waals surface area contributed by atoms with E-state index in [1.165, 1.54) is 0 Å². The Bertz CT molecular complexity index is 108. The van der Waals surface area contributed by atoms with Gasteiger partial charge < -0.3 is 22.9 Å². The zero-order valence-electron chi connectivity index (χ0n) is 15.6. The van der Waals surface area contributed by atoms with Crippen molar-refractivity contribution < 1.29 is 26.2 Å². The minimum Gasteiger partial charge on any atom is -0.677 e. The predicted molar refractivity (Wildman–Crippen MR) is 96.1 cm³/mol. The average molecular weight is 380 g/mol. The molecule has 0 aromatic carbocycles. The standard InChI is InChI=1S/4C4H10N.Zr/c4*1-4(2)3-5;/h4*4-5H,3H2,1-2H3;/q4*-1;+4. The number of hydrogen-bond donors (Lipinski definition) is 0. The first-order valence-corrected chi connectivity index (χ1v) is 7.67. The van der Waals surface area contributed by atoms with Crippen LogP contribution >= 0.6 is 0 Å². The molecule has 0 unspecified atom stereocenters. The van der Waals surface area contributed by atoms with E-state index in [-0.39, 0.29) is 26.2 Å². The van der Waals surface area contributed by atoms with Gasteiger partial charge in [0.05, 0.1) is 0 Å². The van der Waals surface area contributed by atoms with E-state index >= 15 is 0 Å². The van der Waals surface area contributed by atoms with Crippen molar-refractivity contribution in [2.75, 3.05) is 26.2 Å². The topological polar surface area (TPSA) is 95.2 Å². The molecule has 21 heavy (non-hydrogen) atoms. The summed E-state index contributed by atoms with van der Waals surface area (Å²) in [6.07, 6.45) is 0. The van der Waals surface area contributed by atoms with Crippen molar-refractivity contribution in [3.63, 3.8) is 0 Å². The van der Waals surface area contributed by atoms with Gasteiger partial charge in [-0.25, -0.2) is 0 Å². The van der Waals surface area contributed by atoms with Gasteiger partial charge in [-0.1, -0.05) is 79.1 Å². The van der Waals surface area contributed by atoms with Crippen molar-refractivity contribution in [3.05, 3.63) is 22.9 Å². The largest absolute Gasteiger partial charge is 4.00 e. The summed E-state index contributed by atoms with van der Waals surface area (Å²) in [6.45, 7) is 18.5. The summed E-state index contributed by atoms with van der Waals surface area (Å²) in [5.74, 6) is 2.20. The van der Waals surface area contributed by atoms with Crippen LogP contribution in [-0.2, 0) is 26.2 Å². The van der Waals surface area contributed by atoms with Gasteiger partial charge in [0.1, 0.15) is 0 Å². The van der Waals surface area contributed by atoms with Crippen LogP contribution in [0.5, 0.6) is 0 Å². The van der Waals surface area contributed by atoms with Crippen LogP contribution in [0, 0.1) is 23.7 Å². The maximum Gasteiger partial charge on any atom is 4.00 e. The quantitative estimate of drug-likeness (QED) is 0.514. The fourth-order valence-electron chi connectivity index (χ4n) is 0. The Kier molecular flexibility index (Phi) is 45.8. The van der Waals surface area contributed by atoms with Crippen molar-refractivity contribution in [1.29, 1.82) is 0 Å². The molecule has 0 aromatic heterocycles. The van der Waals surface area contributed by atoms with Gasteiger partial charge in [-0.05, 0) is 0 Å². The molecule has 0 aromatic rings. The second-order valence-corrected chi connectivity index (χ2v) is 6.39. The Labute approximate surface area is 154 Å². The van der Waals surface area contributed by atoms with Crippen LogP contribution in [0.3, 0.4) is 0 Å². The molecule has 0 aliphatic heterocycles. The van der Waals surface area contributed by atoms with Crippen LogP contribution in [0.25, 0.3) is 22.9 Å². The van der Waals surface area contributed by atoms with Crippen LogP contribution in [-0.4, -0.2) is 26.2 Å². The first kappa shape index (κ1) is 33.4. The summed E-state index contributed by atoms with van der Waals surface area (Å²) in [5, 5.41) is 0. The third kappa shape index (κ3) is 95.5. The van der Waals surface area contributed by atoms with Gasteiger partial charge in [-0.3, -0.25) is 0 Å². The Hall–Kier alpha value is 0.723. The van der Waals surface area contributed by atoms with Crippen LogP contribution < -0.4 is 0 Å². The van der Waals surface area contributed by atoms with Crippen LogP contribution in [0.15, 0.2) is 0 Å². The maximum atomic E-state index is 6.66. The number of hydrogen-bond acceptors (Lipinski definition) is 0.